The third kappa shape index (κ3) is 11.9. The number of rotatable bonds is 9. The van der Waals surface area contributed by atoms with Gasteiger partial charge in [-0.1, -0.05) is 13.8 Å². The normalized spacial score (nSPS) is 11.9. The fourth-order valence-electron chi connectivity index (χ4n) is 1.37. The van der Waals surface area contributed by atoms with Gasteiger partial charge >= 0.3 is 0 Å². The highest BCUT2D eigenvalue weighted by Crippen LogP contribution is 1.99. The van der Waals surface area contributed by atoms with Crippen LogP contribution in [0.5, 0.6) is 0 Å². The lowest BCUT2D eigenvalue weighted by Gasteiger charge is -2.12. The second-order valence-corrected chi connectivity index (χ2v) is 5.56. The summed E-state index contributed by atoms with van der Waals surface area (Å²) in [6.45, 7) is 9.46. The first-order chi connectivity index (χ1) is 8.20. The van der Waals surface area contributed by atoms with Crippen LogP contribution in [0.3, 0.4) is 0 Å². The van der Waals surface area contributed by atoms with Gasteiger partial charge < -0.3 is 10.6 Å². The molecule has 0 aromatic rings. The Morgan fingerprint density at radius 2 is 2.00 bits per heavy atom. The molecule has 0 saturated heterocycles. The number of guanidine groups is 1. The number of nitrogens with zero attached hydrogens (tertiary/aromatic N) is 1. The average Bonchev–Trinajstić information content (AvgIpc) is 2.28. The summed E-state index contributed by atoms with van der Waals surface area (Å²) in [5, 5.41) is 6.66. The van der Waals surface area contributed by atoms with Crippen molar-refractivity contribution < 1.29 is 0 Å². The van der Waals surface area contributed by atoms with E-state index in [0.29, 0.717) is 0 Å². The predicted molar refractivity (Wildman–Crippen MR) is 81.1 cm³/mol. The number of nitrogens with one attached hydrogen (secondary N) is 2. The highest BCUT2D eigenvalue weighted by molar-refractivity contribution is 7.98. The molecule has 0 spiro atoms. The maximum atomic E-state index is 4.57. The summed E-state index contributed by atoms with van der Waals surface area (Å²) in [7, 11) is 0. The van der Waals surface area contributed by atoms with E-state index in [4.69, 9.17) is 0 Å². The zero-order valence-electron chi connectivity index (χ0n) is 11.9. The van der Waals surface area contributed by atoms with Crippen molar-refractivity contribution in [3.8, 4) is 0 Å². The van der Waals surface area contributed by atoms with E-state index >= 15 is 0 Å². The zero-order chi connectivity index (χ0) is 12.9. The molecule has 0 rings (SSSR count). The third-order valence-electron chi connectivity index (χ3n) is 2.38. The summed E-state index contributed by atoms with van der Waals surface area (Å²) in [6.07, 6.45) is 5.79. The molecule has 3 nitrogen and oxygen atoms in total. The van der Waals surface area contributed by atoms with Gasteiger partial charge in [0, 0.05) is 19.6 Å². The lowest BCUT2D eigenvalue weighted by atomic mass is 10.1. The quantitative estimate of drug-likeness (QED) is 0.380. The first kappa shape index (κ1) is 16.6. The molecule has 0 aliphatic rings. The summed E-state index contributed by atoms with van der Waals surface area (Å²) in [5.74, 6) is 2.96. The maximum absolute atomic E-state index is 4.57. The Morgan fingerprint density at radius 1 is 1.24 bits per heavy atom. The van der Waals surface area contributed by atoms with Crippen LogP contribution in [0.25, 0.3) is 0 Å². The minimum Gasteiger partial charge on any atom is -0.357 e. The van der Waals surface area contributed by atoms with Gasteiger partial charge in [0.25, 0.3) is 0 Å². The van der Waals surface area contributed by atoms with Crippen LogP contribution in [0.1, 0.15) is 40.0 Å². The van der Waals surface area contributed by atoms with Crippen LogP contribution in [-0.4, -0.2) is 37.6 Å². The predicted octanol–water partition coefficient (Wildman–Crippen LogP) is 2.73. The lowest BCUT2D eigenvalue weighted by Crippen LogP contribution is -2.38. The fourth-order valence-corrected chi connectivity index (χ4v) is 1.86. The summed E-state index contributed by atoms with van der Waals surface area (Å²) in [5.41, 5.74) is 0. The van der Waals surface area contributed by atoms with Crippen LogP contribution >= 0.6 is 11.8 Å². The largest absolute Gasteiger partial charge is 0.357 e. The maximum Gasteiger partial charge on any atom is 0.191 e. The molecule has 2 N–H and O–H groups in total. The Hall–Kier alpha value is -0.380. The van der Waals surface area contributed by atoms with Gasteiger partial charge in [0.1, 0.15) is 0 Å². The van der Waals surface area contributed by atoms with Crippen molar-refractivity contribution in [3.63, 3.8) is 0 Å². The smallest absolute Gasteiger partial charge is 0.191 e. The van der Waals surface area contributed by atoms with Gasteiger partial charge in [-0.25, -0.2) is 0 Å². The number of hydrogen-bond acceptors (Lipinski definition) is 2. The van der Waals surface area contributed by atoms with E-state index < -0.39 is 0 Å². The molecule has 0 bridgehead atoms. The number of unbranched alkanes of at least 4 members (excludes halogenated alkanes) is 1. The Labute approximate surface area is 111 Å². The molecular weight excluding hydrogens is 230 g/mol. The van der Waals surface area contributed by atoms with Crippen molar-refractivity contribution in [3.05, 3.63) is 0 Å². The zero-order valence-corrected chi connectivity index (χ0v) is 12.7. The molecular formula is C13H29N3S. The second kappa shape index (κ2) is 12.1. The highest BCUT2D eigenvalue weighted by atomic mass is 32.2. The van der Waals surface area contributed by atoms with Gasteiger partial charge in [-0.3, -0.25) is 4.99 Å². The van der Waals surface area contributed by atoms with E-state index in [9.17, 15) is 0 Å². The molecule has 0 aromatic heterocycles. The van der Waals surface area contributed by atoms with E-state index in [-0.39, 0.29) is 0 Å². The van der Waals surface area contributed by atoms with Crippen molar-refractivity contribution in [2.75, 3.05) is 31.6 Å². The van der Waals surface area contributed by atoms with Crippen molar-refractivity contribution in [1.29, 1.82) is 0 Å². The molecule has 0 saturated carbocycles. The van der Waals surface area contributed by atoms with Crippen molar-refractivity contribution in [2.45, 2.75) is 40.0 Å². The summed E-state index contributed by atoms with van der Waals surface area (Å²) >= 11 is 1.91. The molecule has 0 aromatic carbocycles. The van der Waals surface area contributed by atoms with E-state index in [1.165, 1.54) is 25.0 Å². The Morgan fingerprint density at radius 3 is 2.59 bits per heavy atom. The first-order valence-electron chi connectivity index (χ1n) is 6.71. The van der Waals surface area contributed by atoms with Crippen LogP contribution in [0.4, 0.5) is 0 Å². The molecule has 4 heteroatoms. The van der Waals surface area contributed by atoms with E-state index in [0.717, 1.165) is 31.5 Å². The summed E-state index contributed by atoms with van der Waals surface area (Å²) < 4.78 is 0. The Balaban J connectivity index is 3.74. The molecule has 17 heavy (non-hydrogen) atoms. The minimum atomic E-state index is 0.743. The monoisotopic (exact) mass is 259 g/mol. The highest BCUT2D eigenvalue weighted by Gasteiger charge is 1.97. The lowest BCUT2D eigenvalue weighted by molar-refractivity contribution is 0.573. The SMILES string of the molecule is CCNC(=NCCCCSC)NCCC(C)C. The van der Waals surface area contributed by atoms with Crippen LogP contribution < -0.4 is 10.6 Å². The summed E-state index contributed by atoms with van der Waals surface area (Å²) in [6, 6.07) is 0. The van der Waals surface area contributed by atoms with Crippen molar-refractivity contribution >= 4 is 17.7 Å². The fraction of sp³-hybridized carbons (Fsp3) is 0.923. The van der Waals surface area contributed by atoms with Gasteiger partial charge in [-0.2, -0.15) is 11.8 Å². The van der Waals surface area contributed by atoms with Gasteiger partial charge in [0.05, 0.1) is 0 Å². The van der Waals surface area contributed by atoms with Gasteiger partial charge in [0.15, 0.2) is 5.96 Å². The molecule has 0 unspecified atom stereocenters. The molecule has 0 heterocycles. The topological polar surface area (TPSA) is 36.4 Å². The molecule has 0 fully saturated rings. The van der Waals surface area contributed by atoms with Gasteiger partial charge in [-0.05, 0) is 44.1 Å². The first-order valence-corrected chi connectivity index (χ1v) is 8.11. The van der Waals surface area contributed by atoms with Crippen LogP contribution in [0.15, 0.2) is 4.99 Å². The summed E-state index contributed by atoms with van der Waals surface area (Å²) in [4.78, 5) is 4.57. The molecule has 102 valence electrons. The van der Waals surface area contributed by atoms with Crippen LogP contribution in [0, 0.1) is 5.92 Å². The van der Waals surface area contributed by atoms with Crippen molar-refractivity contribution in [1.82, 2.24) is 10.6 Å². The van der Waals surface area contributed by atoms with Gasteiger partial charge in [-0.15, -0.1) is 0 Å². The Kier molecular flexibility index (Phi) is 11.8. The van der Waals surface area contributed by atoms with E-state index in [1.807, 2.05) is 11.8 Å². The van der Waals surface area contributed by atoms with Crippen LogP contribution in [-0.2, 0) is 0 Å². The van der Waals surface area contributed by atoms with Gasteiger partial charge in [0.2, 0.25) is 0 Å². The third-order valence-corrected chi connectivity index (χ3v) is 3.08. The number of hydrogen-bond donors (Lipinski definition) is 2. The molecule has 0 atom stereocenters. The van der Waals surface area contributed by atoms with Crippen molar-refractivity contribution in [2.24, 2.45) is 10.9 Å². The molecule has 0 aliphatic heterocycles. The average molecular weight is 259 g/mol. The molecule has 0 aliphatic carbocycles. The van der Waals surface area contributed by atoms with Crippen LogP contribution in [0.2, 0.25) is 0 Å². The number of aliphatic imine (C=N–C) groups is 1. The number of thioether (sulfide) groups is 1. The molecule has 0 radical (unpaired) electrons. The standard InChI is InChI=1S/C13H29N3S/c1-5-14-13(16-10-8-12(2)3)15-9-6-7-11-17-4/h12H,5-11H2,1-4H3,(H2,14,15,16). The Bertz CT molecular complexity index is 193. The minimum absolute atomic E-state index is 0.743. The molecule has 0 amide bonds. The second-order valence-electron chi connectivity index (χ2n) is 4.57. The van der Waals surface area contributed by atoms with E-state index in [1.54, 1.807) is 0 Å². The van der Waals surface area contributed by atoms with E-state index in [2.05, 4.69) is 42.7 Å².